The first-order valence-corrected chi connectivity index (χ1v) is 8.89. The van der Waals surface area contributed by atoms with Crippen LogP contribution in [0, 0.1) is 0 Å². The second kappa shape index (κ2) is 9.09. The van der Waals surface area contributed by atoms with Crippen LogP contribution in [0.4, 0.5) is 0 Å². The van der Waals surface area contributed by atoms with Gasteiger partial charge in [-0.15, -0.1) is 0 Å². The molecule has 1 rings (SSSR count). The Morgan fingerprint density at radius 2 is 1.82 bits per heavy atom. The lowest BCUT2D eigenvalue weighted by molar-refractivity contribution is -0.121. The van der Waals surface area contributed by atoms with Gasteiger partial charge in [-0.3, -0.25) is 4.79 Å². The molecule has 0 aliphatic heterocycles. The van der Waals surface area contributed by atoms with Crippen molar-refractivity contribution in [3.8, 4) is 0 Å². The van der Waals surface area contributed by atoms with Gasteiger partial charge in [0.2, 0.25) is 15.9 Å². The van der Waals surface area contributed by atoms with Crippen LogP contribution in [0.25, 0.3) is 0 Å². The molecule has 0 unspecified atom stereocenters. The maximum atomic E-state index is 12.3. The predicted octanol–water partition coefficient (Wildman–Crippen LogP) is 1.08. The SMILES string of the molecule is CCCNCCNC(=O)CN(C)S(=O)(=O)c1ccc(Cl)cc1. The molecule has 1 aromatic rings. The third kappa shape index (κ3) is 5.92. The minimum Gasteiger partial charge on any atom is -0.354 e. The maximum absolute atomic E-state index is 12.3. The van der Waals surface area contributed by atoms with Gasteiger partial charge >= 0.3 is 0 Å². The molecule has 0 bridgehead atoms. The summed E-state index contributed by atoms with van der Waals surface area (Å²) in [6.07, 6.45) is 1.02. The van der Waals surface area contributed by atoms with E-state index >= 15 is 0 Å². The fourth-order valence-electron chi connectivity index (χ4n) is 1.72. The molecule has 0 saturated heterocycles. The predicted molar refractivity (Wildman–Crippen MR) is 87.4 cm³/mol. The molecule has 0 aliphatic rings. The third-order valence-corrected chi connectivity index (χ3v) is 5.01. The molecule has 22 heavy (non-hydrogen) atoms. The quantitative estimate of drug-likeness (QED) is 0.655. The van der Waals surface area contributed by atoms with Crippen molar-refractivity contribution in [2.45, 2.75) is 18.2 Å². The van der Waals surface area contributed by atoms with Crippen molar-refractivity contribution in [1.82, 2.24) is 14.9 Å². The number of nitrogens with one attached hydrogen (secondary N) is 2. The minimum absolute atomic E-state index is 0.108. The van der Waals surface area contributed by atoms with Gasteiger partial charge in [0, 0.05) is 25.2 Å². The summed E-state index contributed by atoms with van der Waals surface area (Å²) in [5.41, 5.74) is 0. The van der Waals surface area contributed by atoms with Gasteiger partial charge in [-0.2, -0.15) is 4.31 Å². The van der Waals surface area contributed by atoms with Crippen LogP contribution in [0.3, 0.4) is 0 Å². The molecule has 2 N–H and O–H groups in total. The van der Waals surface area contributed by atoms with Gasteiger partial charge < -0.3 is 10.6 Å². The topological polar surface area (TPSA) is 78.5 Å². The van der Waals surface area contributed by atoms with Crippen LogP contribution in [0.2, 0.25) is 5.02 Å². The molecule has 0 atom stereocenters. The van der Waals surface area contributed by atoms with Gasteiger partial charge in [-0.1, -0.05) is 18.5 Å². The summed E-state index contributed by atoms with van der Waals surface area (Å²) in [4.78, 5) is 11.9. The highest BCUT2D eigenvalue weighted by Gasteiger charge is 2.22. The summed E-state index contributed by atoms with van der Waals surface area (Å²) < 4.78 is 25.6. The summed E-state index contributed by atoms with van der Waals surface area (Å²) in [6.45, 7) is 3.85. The van der Waals surface area contributed by atoms with Crippen molar-refractivity contribution in [3.05, 3.63) is 29.3 Å². The molecule has 8 heteroatoms. The average molecular weight is 348 g/mol. The Hall–Kier alpha value is -1.15. The van der Waals surface area contributed by atoms with E-state index in [0.717, 1.165) is 17.3 Å². The van der Waals surface area contributed by atoms with Crippen LogP contribution in [-0.4, -0.2) is 51.9 Å². The first-order chi connectivity index (χ1) is 10.4. The van der Waals surface area contributed by atoms with Crippen molar-refractivity contribution in [2.75, 3.05) is 33.2 Å². The Bertz CT molecular complexity index is 576. The lowest BCUT2D eigenvalue weighted by Crippen LogP contribution is -2.40. The first kappa shape index (κ1) is 18.9. The zero-order chi connectivity index (χ0) is 16.6. The molecule has 124 valence electrons. The molecule has 0 heterocycles. The summed E-state index contributed by atoms with van der Waals surface area (Å²) in [5, 5.41) is 6.28. The standard InChI is InChI=1S/C14H22ClN3O3S/c1-3-8-16-9-10-17-14(19)11-18(2)22(20,21)13-6-4-12(15)5-7-13/h4-7,16H,3,8-11H2,1-2H3,(H,17,19). The number of amides is 1. The van der Waals surface area contributed by atoms with Crippen LogP contribution in [-0.2, 0) is 14.8 Å². The number of hydrogen-bond donors (Lipinski definition) is 2. The molecule has 0 aliphatic carbocycles. The van der Waals surface area contributed by atoms with Crippen LogP contribution >= 0.6 is 11.6 Å². The zero-order valence-electron chi connectivity index (χ0n) is 12.8. The van der Waals surface area contributed by atoms with E-state index in [2.05, 4.69) is 17.6 Å². The van der Waals surface area contributed by atoms with Gasteiger partial charge in [-0.25, -0.2) is 8.42 Å². The normalized spacial score (nSPS) is 11.6. The highest BCUT2D eigenvalue weighted by molar-refractivity contribution is 7.89. The van der Waals surface area contributed by atoms with Crippen molar-refractivity contribution in [3.63, 3.8) is 0 Å². The molecule has 1 amide bonds. The first-order valence-electron chi connectivity index (χ1n) is 7.07. The molecule has 0 fully saturated rings. The molecule has 6 nitrogen and oxygen atoms in total. The van der Waals surface area contributed by atoms with Crippen LogP contribution < -0.4 is 10.6 Å². The second-order valence-electron chi connectivity index (χ2n) is 4.81. The summed E-state index contributed by atoms with van der Waals surface area (Å²) in [7, 11) is -2.32. The average Bonchev–Trinajstić information content (AvgIpc) is 2.47. The number of carbonyl (C=O) groups is 1. The van der Waals surface area contributed by atoms with E-state index in [-0.39, 0.29) is 17.3 Å². The Labute approximate surface area is 136 Å². The van der Waals surface area contributed by atoms with Gasteiger partial charge in [0.1, 0.15) is 0 Å². The number of likely N-dealkylation sites (N-methyl/N-ethyl adjacent to an activating group) is 1. The van der Waals surface area contributed by atoms with Crippen molar-refractivity contribution < 1.29 is 13.2 Å². The van der Waals surface area contributed by atoms with Crippen LogP contribution in [0.1, 0.15) is 13.3 Å². The Kier molecular flexibility index (Phi) is 7.81. The number of benzene rings is 1. The number of halogens is 1. The maximum Gasteiger partial charge on any atom is 0.243 e. The lowest BCUT2D eigenvalue weighted by Gasteiger charge is -2.17. The van der Waals surface area contributed by atoms with Crippen LogP contribution in [0.15, 0.2) is 29.2 Å². The van der Waals surface area contributed by atoms with Gasteiger partial charge in [0.25, 0.3) is 0 Å². The van der Waals surface area contributed by atoms with Crippen molar-refractivity contribution >= 4 is 27.5 Å². The lowest BCUT2D eigenvalue weighted by atomic mass is 10.4. The Morgan fingerprint density at radius 1 is 1.18 bits per heavy atom. The number of rotatable bonds is 9. The fourth-order valence-corrected chi connectivity index (χ4v) is 2.97. The largest absolute Gasteiger partial charge is 0.354 e. The molecule has 0 spiro atoms. The molecular weight excluding hydrogens is 326 g/mol. The van der Waals surface area contributed by atoms with E-state index in [1.54, 1.807) is 0 Å². The summed E-state index contributed by atoms with van der Waals surface area (Å²) >= 11 is 5.74. The summed E-state index contributed by atoms with van der Waals surface area (Å²) in [5.74, 6) is -0.335. The molecule has 0 radical (unpaired) electrons. The van der Waals surface area contributed by atoms with E-state index in [4.69, 9.17) is 11.6 Å². The Morgan fingerprint density at radius 3 is 2.41 bits per heavy atom. The Balaban J connectivity index is 2.51. The van der Waals surface area contributed by atoms with E-state index in [1.165, 1.54) is 31.3 Å². The minimum atomic E-state index is -3.69. The van der Waals surface area contributed by atoms with E-state index in [9.17, 15) is 13.2 Å². The highest BCUT2D eigenvalue weighted by Crippen LogP contribution is 2.17. The van der Waals surface area contributed by atoms with Crippen molar-refractivity contribution in [2.24, 2.45) is 0 Å². The number of carbonyl (C=O) groups excluding carboxylic acids is 1. The monoisotopic (exact) mass is 347 g/mol. The second-order valence-corrected chi connectivity index (χ2v) is 7.30. The van der Waals surface area contributed by atoms with E-state index < -0.39 is 10.0 Å². The van der Waals surface area contributed by atoms with Crippen molar-refractivity contribution in [1.29, 1.82) is 0 Å². The van der Waals surface area contributed by atoms with Gasteiger partial charge in [0.15, 0.2) is 0 Å². The zero-order valence-corrected chi connectivity index (χ0v) is 14.4. The van der Waals surface area contributed by atoms with Crippen LogP contribution in [0.5, 0.6) is 0 Å². The number of sulfonamides is 1. The molecule has 0 saturated carbocycles. The number of hydrogen-bond acceptors (Lipinski definition) is 4. The smallest absolute Gasteiger partial charge is 0.243 e. The van der Waals surface area contributed by atoms with Gasteiger partial charge in [0.05, 0.1) is 11.4 Å². The number of nitrogens with zero attached hydrogens (tertiary/aromatic N) is 1. The summed E-state index contributed by atoms with van der Waals surface area (Å²) in [6, 6.07) is 5.84. The highest BCUT2D eigenvalue weighted by atomic mass is 35.5. The molecule has 1 aromatic carbocycles. The van der Waals surface area contributed by atoms with E-state index in [1.807, 2.05) is 0 Å². The fraction of sp³-hybridized carbons (Fsp3) is 0.500. The van der Waals surface area contributed by atoms with Gasteiger partial charge in [-0.05, 0) is 37.2 Å². The molecular formula is C14H22ClN3O3S. The van der Waals surface area contributed by atoms with E-state index in [0.29, 0.717) is 18.1 Å². The third-order valence-electron chi connectivity index (χ3n) is 2.94. The molecule has 0 aromatic heterocycles.